The molecule has 0 atom stereocenters. The minimum absolute atomic E-state index is 0.353. The van der Waals surface area contributed by atoms with Crippen LogP contribution in [-0.4, -0.2) is 9.55 Å². The number of aryl methyl sites for hydroxylation is 1. The molecule has 86 valence electrons. The summed E-state index contributed by atoms with van der Waals surface area (Å²) in [4.78, 5) is 3.99. The number of imidazole rings is 1. The first-order valence-electron chi connectivity index (χ1n) is 4.99. The summed E-state index contributed by atoms with van der Waals surface area (Å²) in [5, 5.41) is 9.38. The molecule has 0 amide bonds. The fourth-order valence-electron chi connectivity index (χ4n) is 1.41. The molecule has 2 aromatic rings. The lowest BCUT2D eigenvalue weighted by atomic mass is 10.2. The predicted molar refractivity (Wildman–Crippen MR) is 63.7 cm³/mol. The molecule has 4 nitrogen and oxygen atoms in total. The second kappa shape index (κ2) is 4.89. The fourth-order valence-corrected chi connectivity index (χ4v) is 1.62. The Labute approximate surface area is 104 Å². The van der Waals surface area contributed by atoms with Gasteiger partial charge in [-0.3, -0.25) is 0 Å². The highest BCUT2D eigenvalue weighted by molar-refractivity contribution is 6.31. The summed E-state index contributed by atoms with van der Waals surface area (Å²) in [6, 6.07) is 7.17. The van der Waals surface area contributed by atoms with Gasteiger partial charge >= 0.3 is 0 Å². The lowest BCUT2D eigenvalue weighted by molar-refractivity contribution is 0.296. The van der Waals surface area contributed by atoms with Gasteiger partial charge in [-0.1, -0.05) is 17.7 Å². The Morgan fingerprint density at radius 3 is 3.00 bits per heavy atom. The zero-order valence-electron chi connectivity index (χ0n) is 9.22. The summed E-state index contributed by atoms with van der Waals surface area (Å²) >= 11 is 5.90. The van der Waals surface area contributed by atoms with E-state index in [1.54, 1.807) is 30.7 Å². The molecule has 0 saturated carbocycles. The van der Waals surface area contributed by atoms with Gasteiger partial charge in [-0.05, 0) is 12.1 Å². The Morgan fingerprint density at radius 1 is 1.53 bits per heavy atom. The van der Waals surface area contributed by atoms with Crippen LogP contribution in [-0.2, 0) is 13.7 Å². The standard InChI is InChI=1S/C12H10ClN3O/c1-16-8-15-6-9(16)7-17-12-4-2-3-11(13)10(12)5-14/h2-4,6,8H,7H2,1H3. The molecular formula is C12H10ClN3O. The molecule has 0 unspecified atom stereocenters. The highest BCUT2D eigenvalue weighted by Gasteiger charge is 2.08. The van der Waals surface area contributed by atoms with E-state index in [1.165, 1.54) is 0 Å². The van der Waals surface area contributed by atoms with E-state index >= 15 is 0 Å². The molecule has 0 spiro atoms. The number of nitriles is 1. The van der Waals surface area contributed by atoms with Crippen LogP contribution in [0.5, 0.6) is 5.75 Å². The third-order valence-electron chi connectivity index (χ3n) is 2.38. The minimum atomic E-state index is 0.353. The third-order valence-corrected chi connectivity index (χ3v) is 2.69. The second-order valence-electron chi connectivity index (χ2n) is 3.51. The van der Waals surface area contributed by atoms with Crippen LogP contribution >= 0.6 is 11.6 Å². The first kappa shape index (κ1) is 11.5. The van der Waals surface area contributed by atoms with Crippen molar-refractivity contribution in [2.45, 2.75) is 6.61 Å². The number of rotatable bonds is 3. The Balaban J connectivity index is 2.18. The molecule has 1 aromatic heterocycles. The van der Waals surface area contributed by atoms with Gasteiger partial charge in [0.05, 0.1) is 23.2 Å². The highest BCUT2D eigenvalue weighted by Crippen LogP contribution is 2.25. The lowest BCUT2D eigenvalue weighted by Crippen LogP contribution is -2.02. The summed E-state index contributed by atoms with van der Waals surface area (Å²) in [5.74, 6) is 0.487. The Hall–Kier alpha value is -1.99. The van der Waals surface area contributed by atoms with Crippen LogP contribution in [0.25, 0.3) is 0 Å². The minimum Gasteiger partial charge on any atom is -0.486 e. The summed E-state index contributed by atoms with van der Waals surface area (Å²) in [6.07, 6.45) is 3.42. The van der Waals surface area contributed by atoms with Gasteiger partial charge in [0.1, 0.15) is 24.0 Å². The van der Waals surface area contributed by atoms with Gasteiger partial charge in [-0.2, -0.15) is 5.26 Å². The number of nitrogens with zero attached hydrogens (tertiary/aromatic N) is 3. The van der Waals surface area contributed by atoms with E-state index < -0.39 is 0 Å². The molecule has 0 radical (unpaired) electrons. The molecule has 0 N–H and O–H groups in total. The van der Waals surface area contributed by atoms with E-state index in [0.717, 1.165) is 5.69 Å². The fraction of sp³-hybridized carbons (Fsp3) is 0.167. The van der Waals surface area contributed by atoms with E-state index in [2.05, 4.69) is 4.98 Å². The first-order chi connectivity index (χ1) is 8.22. The molecule has 1 aromatic carbocycles. The van der Waals surface area contributed by atoms with Gasteiger partial charge in [0.2, 0.25) is 0 Å². The van der Waals surface area contributed by atoms with Gasteiger partial charge in [0.25, 0.3) is 0 Å². The average molecular weight is 248 g/mol. The Morgan fingerprint density at radius 2 is 2.35 bits per heavy atom. The number of halogens is 1. The van der Waals surface area contributed by atoms with Crippen molar-refractivity contribution in [1.82, 2.24) is 9.55 Å². The van der Waals surface area contributed by atoms with E-state index in [0.29, 0.717) is 22.9 Å². The molecule has 0 aliphatic heterocycles. The van der Waals surface area contributed by atoms with Crippen molar-refractivity contribution in [3.05, 3.63) is 47.0 Å². The Kier molecular flexibility index (Phi) is 3.31. The summed E-state index contributed by atoms with van der Waals surface area (Å²) in [7, 11) is 1.88. The van der Waals surface area contributed by atoms with Crippen molar-refractivity contribution >= 4 is 11.6 Å². The van der Waals surface area contributed by atoms with Crippen molar-refractivity contribution in [3.8, 4) is 11.8 Å². The van der Waals surface area contributed by atoms with E-state index in [4.69, 9.17) is 21.6 Å². The van der Waals surface area contributed by atoms with Crippen LogP contribution in [0.1, 0.15) is 11.3 Å². The quantitative estimate of drug-likeness (QED) is 0.838. The molecule has 0 fully saturated rings. The molecule has 0 saturated heterocycles. The van der Waals surface area contributed by atoms with Crippen LogP contribution in [0.4, 0.5) is 0 Å². The van der Waals surface area contributed by atoms with Crippen molar-refractivity contribution in [2.75, 3.05) is 0 Å². The lowest BCUT2D eigenvalue weighted by Gasteiger charge is -2.08. The maximum absolute atomic E-state index is 8.98. The van der Waals surface area contributed by atoms with E-state index in [1.807, 2.05) is 17.7 Å². The molecule has 5 heteroatoms. The summed E-state index contributed by atoms with van der Waals surface area (Å²) in [6.45, 7) is 0.353. The summed E-state index contributed by atoms with van der Waals surface area (Å²) in [5.41, 5.74) is 1.28. The van der Waals surface area contributed by atoms with Crippen LogP contribution in [0.2, 0.25) is 5.02 Å². The van der Waals surface area contributed by atoms with Crippen molar-refractivity contribution < 1.29 is 4.74 Å². The van der Waals surface area contributed by atoms with E-state index in [-0.39, 0.29) is 0 Å². The maximum atomic E-state index is 8.98. The molecule has 0 bridgehead atoms. The van der Waals surface area contributed by atoms with Gasteiger partial charge in [-0.15, -0.1) is 0 Å². The largest absolute Gasteiger partial charge is 0.486 e. The van der Waals surface area contributed by atoms with Crippen LogP contribution in [0.3, 0.4) is 0 Å². The van der Waals surface area contributed by atoms with Crippen LogP contribution < -0.4 is 4.74 Å². The zero-order valence-corrected chi connectivity index (χ0v) is 9.98. The predicted octanol–water partition coefficient (Wildman–Crippen LogP) is 2.52. The SMILES string of the molecule is Cn1cncc1COc1cccc(Cl)c1C#N. The molecule has 0 aliphatic carbocycles. The van der Waals surface area contributed by atoms with Crippen molar-refractivity contribution in [2.24, 2.45) is 7.05 Å². The van der Waals surface area contributed by atoms with Crippen molar-refractivity contribution in [3.63, 3.8) is 0 Å². The zero-order chi connectivity index (χ0) is 12.3. The van der Waals surface area contributed by atoms with E-state index in [9.17, 15) is 0 Å². The second-order valence-corrected chi connectivity index (χ2v) is 3.92. The number of benzene rings is 1. The van der Waals surface area contributed by atoms with Gasteiger partial charge < -0.3 is 9.30 Å². The first-order valence-corrected chi connectivity index (χ1v) is 5.37. The topological polar surface area (TPSA) is 50.8 Å². The number of hydrogen-bond acceptors (Lipinski definition) is 3. The monoisotopic (exact) mass is 247 g/mol. The number of ether oxygens (including phenoxy) is 1. The van der Waals surface area contributed by atoms with Crippen LogP contribution in [0, 0.1) is 11.3 Å². The Bertz CT molecular complexity index is 571. The average Bonchev–Trinajstić information content (AvgIpc) is 2.72. The molecule has 17 heavy (non-hydrogen) atoms. The van der Waals surface area contributed by atoms with Gasteiger partial charge in [0, 0.05) is 7.05 Å². The smallest absolute Gasteiger partial charge is 0.139 e. The molecular weight excluding hydrogens is 238 g/mol. The normalized spacial score (nSPS) is 9.94. The number of hydrogen-bond donors (Lipinski definition) is 0. The third kappa shape index (κ3) is 2.40. The maximum Gasteiger partial charge on any atom is 0.139 e. The summed E-state index contributed by atoms with van der Waals surface area (Å²) < 4.78 is 7.42. The highest BCUT2D eigenvalue weighted by atomic mass is 35.5. The number of aromatic nitrogens is 2. The van der Waals surface area contributed by atoms with Crippen molar-refractivity contribution in [1.29, 1.82) is 5.26 Å². The van der Waals surface area contributed by atoms with Gasteiger partial charge in [-0.25, -0.2) is 4.98 Å². The molecule has 2 rings (SSSR count). The molecule has 0 aliphatic rings. The van der Waals surface area contributed by atoms with Crippen LogP contribution in [0.15, 0.2) is 30.7 Å². The molecule has 1 heterocycles. The van der Waals surface area contributed by atoms with Gasteiger partial charge in [0.15, 0.2) is 0 Å².